The average Bonchev–Trinajstić information content (AvgIpc) is 3.11. The van der Waals surface area contributed by atoms with Crippen molar-refractivity contribution in [2.24, 2.45) is 0 Å². The van der Waals surface area contributed by atoms with Gasteiger partial charge in [0.1, 0.15) is 5.58 Å². The molecule has 0 bridgehead atoms. The van der Waals surface area contributed by atoms with E-state index in [1.807, 2.05) is 30.3 Å². The van der Waals surface area contributed by atoms with Crippen molar-refractivity contribution in [2.75, 3.05) is 5.32 Å². The number of rotatable bonds is 5. The number of carbonyl (C=O) groups excluding carboxylic acids is 2. The standard InChI is InChI=1S/C24H15BrClNO3/c25-17-12-9-16(10-13-17)23(29)24-22(18-6-2-4-8-20(18)30-24)27-21(28)14-11-15-5-1-3-7-19(15)26/h1-14H,(H,27,28)/b14-11+. The summed E-state index contributed by atoms with van der Waals surface area (Å²) < 4.78 is 6.67. The summed E-state index contributed by atoms with van der Waals surface area (Å²) in [6, 6.07) is 21.3. The minimum Gasteiger partial charge on any atom is -0.450 e. The van der Waals surface area contributed by atoms with E-state index in [2.05, 4.69) is 21.2 Å². The lowest BCUT2D eigenvalue weighted by molar-refractivity contribution is -0.111. The molecule has 0 radical (unpaired) electrons. The Balaban J connectivity index is 1.68. The van der Waals surface area contributed by atoms with Crippen LogP contribution in [-0.2, 0) is 4.79 Å². The molecule has 30 heavy (non-hydrogen) atoms. The molecule has 0 spiro atoms. The summed E-state index contributed by atoms with van der Waals surface area (Å²) in [7, 11) is 0. The zero-order valence-corrected chi connectivity index (χ0v) is 17.9. The van der Waals surface area contributed by atoms with E-state index >= 15 is 0 Å². The van der Waals surface area contributed by atoms with Crippen molar-refractivity contribution in [3.8, 4) is 0 Å². The number of furan rings is 1. The zero-order valence-electron chi connectivity index (χ0n) is 15.6. The maximum absolute atomic E-state index is 13.1. The molecule has 6 heteroatoms. The first-order chi connectivity index (χ1) is 14.5. The number of nitrogens with one attached hydrogen (secondary N) is 1. The van der Waals surface area contributed by atoms with Crippen LogP contribution in [0.2, 0.25) is 5.02 Å². The molecule has 4 aromatic rings. The monoisotopic (exact) mass is 479 g/mol. The lowest BCUT2D eigenvalue weighted by atomic mass is 10.1. The molecular weight excluding hydrogens is 466 g/mol. The van der Waals surface area contributed by atoms with E-state index in [9.17, 15) is 9.59 Å². The van der Waals surface area contributed by atoms with Crippen molar-refractivity contribution in [3.63, 3.8) is 0 Å². The molecule has 148 valence electrons. The number of amides is 1. The zero-order chi connectivity index (χ0) is 21.1. The molecule has 1 amide bonds. The summed E-state index contributed by atoms with van der Waals surface area (Å²) in [5, 5.41) is 3.99. The molecule has 3 aromatic carbocycles. The van der Waals surface area contributed by atoms with Crippen LogP contribution in [0, 0.1) is 0 Å². The first-order valence-corrected chi connectivity index (χ1v) is 10.3. The Hall–Kier alpha value is -3.15. The maximum Gasteiger partial charge on any atom is 0.248 e. The van der Waals surface area contributed by atoms with Gasteiger partial charge >= 0.3 is 0 Å². The molecule has 1 heterocycles. The Morgan fingerprint density at radius 2 is 1.63 bits per heavy atom. The van der Waals surface area contributed by atoms with Gasteiger partial charge in [-0.25, -0.2) is 0 Å². The van der Waals surface area contributed by atoms with Gasteiger partial charge in [-0.1, -0.05) is 57.9 Å². The van der Waals surface area contributed by atoms with Crippen molar-refractivity contribution in [3.05, 3.63) is 105 Å². The Morgan fingerprint density at radius 3 is 2.40 bits per heavy atom. The highest BCUT2D eigenvalue weighted by Crippen LogP contribution is 2.32. The van der Waals surface area contributed by atoms with Gasteiger partial charge in [0.2, 0.25) is 11.7 Å². The molecule has 0 aliphatic carbocycles. The predicted molar refractivity (Wildman–Crippen MR) is 123 cm³/mol. The third-order valence-electron chi connectivity index (χ3n) is 4.48. The van der Waals surface area contributed by atoms with Crippen LogP contribution >= 0.6 is 27.5 Å². The first-order valence-electron chi connectivity index (χ1n) is 9.08. The SMILES string of the molecule is O=C(/C=C/c1ccccc1Cl)Nc1c(C(=O)c2ccc(Br)cc2)oc2ccccc12. The fraction of sp³-hybridized carbons (Fsp3) is 0. The van der Waals surface area contributed by atoms with Gasteiger partial charge in [0.25, 0.3) is 0 Å². The normalized spacial score (nSPS) is 11.1. The Morgan fingerprint density at radius 1 is 0.933 bits per heavy atom. The van der Waals surface area contributed by atoms with Crippen LogP contribution in [-0.4, -0.2) is 11.7 Å². The van der Waals surface area contributed by atoms with E-state index in [1.54, 1.807) is 48.5 Å². The molecule has 4 rings (SSSR count). The summed E-state index contributed by atoms with van der Waals surface area (Å²) in [6.07, 6.45) is 2.99. The number of benzene rings is 3. The lowest BCUT2D eigenvalue weighted by Crippen LogP contribution is -2.11. The fourth-order valence-electron chi connectivity index (χ4n) is 3.00. The van der Waals surface area contributed by atoms with Gasteiger partial charge in [0.05, 0.1) is 5.69 Å². The van der Waals surface area contributed by atoms with Crippen LogP contribution < -0.4 is 5.32 Å². The first kappa shape index (κ1) is 20.1. The van der Waals surface area contributed by atoms with E-state index < -0.39 is 5.91 Å². The van der Waals surface area contributed by atoms with Crippen molar-refractivity contribution < 1.29 is 14.0 Å². The fourth-order valence-corrected chi connectivity index (χ4v) is 3.47. The van der Waals surface area contributed by atoms with Crippen LogP contribution in [0.4, 0.5) is 5.69 Å². The average molecular weight is 481 g/mol. The number of hydrogen-bond donors (Lipinski definition) is 1. The van der Waals surface area contributed by atoms with Crippen LogP contribution in [0.5, 0.6) is 0 Å². The molecule has 0 saturated heterocycles. The van der Waals surface area contributed by atoms with Crippen molar-refractivity contribution in [2.45, 2.75) is 0 Å². The molecule has 0 atom stereocenters. The van der Waals surface area contributed by atoms with Crippen LogP contribution in [0.15, 0.2) is 87.8 Å². The van der Waals surface area contributed by atoms with Gasteiger partial charge in [0, 0.05) is 26.5 Å². The predicted octanol–water partition coefficient (Wildman–Crippen LogP) is 6.73. The van der Waals surface area contributed by atoms with Crippen molar-refractivity contribution >= 4 is 62.0 Å². The van der Waals surface area contributed by atoms with Crippen molar-refractivity contribution in [1.82, 2.24) is 0 Å². The van der Waals surface area contributed by atoms with Gasteiger partial charge in [-0.15, -0.1) is 0 Å². The highest BCUT2D eigenvalue weighted by atomic mass is 79.9. The Bertz CT molecular complexity index is 1280. The van der Waals surface area contributed by atoms with Gasteiger partial charge in [-0.3, -0.25) is 9.59 Å². The quantitative estimate of drug-likeness (QED) is 0.254. The van der Waals surface area contributed by atoms with Gasteiger partial charge in [-0.05, 0) is 54.1 Å². The second kappa shape index (κ2) is 8.69. The van der Waals surface area contributed by atoms with E-state index in [4.69, 9.17) is 16.0 Å². The number of halogens is 2. The molecule has 0 aliphatic rings. The molecule has 0 unspecified atom stereocenters. The highest BCUT2D eigenvalue weighted by molar-refractivity contribution is 9.10. The number of anilines is 1. The van der Waals surface area contributed by atoms with Gasteiger partial charge in [0.15, 0.2) is 5.76 Å². The summed E-state index contributed by atoms with van der Waals surface area (Å²) in [4.78, 5) is 25.7. The van der Waals surface area contributed by atoms with Gasteiger partial charge < -0.3 is 9.73 Å². The second-order valence-corrected chi connectivity index (χ2v) is 7.81. The number of carbonyl (C=O) groups is 2. The minimum absolute atomic E-state index is 0.0815. The molecule has 0 fully saturated rings. The van der Waals surface area contributed by atoms with E-state index in [0.717, 1.165) is 10.0 Å². The summed E-state index contributed by atoms with van der Waals surface area (Å²) in [5.74, 6) is -0.631. The number of ketones is 1. The Kier molecular flexibility index (Phi) is 5.84. The molecule has 4 nitrogen and oxygen atoms in total. The van der Waals surface area contributed by atoms with Crippen LogP contribution in [0.3, 0.4) is 0 Å². The van der Waals surface area contributed by atoms with E-state index in [1.165, 1.54) is 6.08 Å². The molecule has 1 aromatic heterocycles. The minimum atomic E-state index is -0.397. The summed E-state index contributed by atoms with van der Waals surface area (Å²) >= 11 is 9.49. The summed E-state index contributed by atoms with van der Waals surface area (Å²) in [6.45, 7) is 0. The van der Waals surface area contributed by atoms with E-state index in [0.29, 0.717) is 27.2 Å². The van der Waals surface area contributed by atoms with Crippen molar-refractivity contribution in [1.29, 1.82) is 0 Å². The largest absolute Gasteiger partial charge is 0.450 e. The molecular formula is C24H15BrClNO3. The molecule has 1 N–H and O–H groups in total. The smallest absolute Gasteiger partial charge is 0.248 e. The third-order valence-corrected chi connectivity index (χ3v) is 5.35. The molecule has 0 saturated carbocycles. The number of fused-ring (bicyclic) bond motifs is 1. The highest BCUT2D eigenvalue weighted by Gasteiger charge is 2.22. The van der Waals surface area contributed by atoms with E-state index in [-0.39, 0.29) is 11.5 Å². The lowest BCUT2D eigenvalue weighted by Gasteiger charge is -2.04. The van der Waals surface area contributed by atoms with Gasteiger partial charge in [-0.2, -0.15) is 0 Å². The van der Waals surface area contributed by atoms with Crippen LogP contribution in [0.25, 0.3) is 17.0 Å². The number of hydrogen-bond acceptors (Lipinski definition) is 3. The summed E-state index contributed by atoms with van der Waals surface area (Å²) in [5.41, 5.74) is 2.03. The maximum atomic E-state index is 13.1. The Labute approximate surface area is 186 Å². The molecule has 0 aliphatic heterocycles. The number of para-hydroxylation sites is 1. The third kappa shape index (κ3) is 4.22. The topological polar surface area (TPSA) is 59.3 Å². The second-order valence-electron chi connectivity index (χ2n) is 6.48. The van der Waals surface area contributed by atoms with Crippen LogP contribution in [0.1, 0.15) is 21.7 Å².